The molecule has 2 fully saturated rings. The van der Waals surface area contributed by atoms with Crippen molar-refractivity contribution in [1.82, 2.24) is 4.90 Å². The number of allylic oxidation sites excluding steroid dienone is 2. The molecule has 1 aromatic carbocycles. The summed E-state index contributed by atoms with van der Waals surface area (Å²) >= 11 is 0. The molecule has 2 aliphatic carbocycles. The normalized spacial score (nSPS) is 25.0. The molecule has 152 valence electrons. The largest absolute Gasteiger partial charge is 0.490 e. The molecule has 0 aromatic heterocycles. The van der Waals surface area contributed by atoms with E-state index in [1.165, 1.54) is 42.4 Å². The summed E-state index contributed by atoms with van der Waals surface area (Å²) in [6.07, 6.45) is 15.7. The number of carbonyl (C=O) groups excluding carboxylic acids is 1. The Hall–Kier alpha value is -2.36. The van der Waals surface area contributed by atoms with Crippen LogP contribution in [0.15, 0.2) is 47.0 Å². The summed E-state index contributed by atoms with van der Waals surface area (Å²) in [6.45, 7) is 1.66. The van der Waals surface area contributed by atoms with Gasteiger partial charge in [0.15, 0.2) is 0 Å². The Morgan fingerprint density at radius 1 is 1.00 bits per heavy atom. The van der Waals surface area contributed by atoms with Crippen molar-refractivity contribution in [3.63, 3.8) is 0 Å². The van der Waals surface area contributed by atoms with Crippen molar-refractivity contribution in [3.8, 4) is 5.75 Å². The average molecular weight is 391 g/mol. The molecule has 1 aromatic rings. The van der Waals surface area contributed by atoms with E-state index in [-0.39, 0.29) is 6.10 Å². The molecule has 5 rings (SSSR count). The van der Waals surface area contributed by atoms with Gasteiger partial charge in [-0.2, -0.15) is 0 Å². The van der Waals surface area contributed by atoms with E-state index in [1.54, 1.807) is 0 Å². The minimum atomic E-state index is 0.204. The third-order valence-corrected chi connectivity index (χ3v) is 6.86. The first kappa shape index (κ1) is 18.7. The number of amides is 1. The fraction of sp³-hybridized carbons (Fsp3) is 0.520. The predicted molar refractivity (Wildman–Crippen MR) is 116 cm³/mol. The van der Waals surface area contributed by atoms with E-state index >= 15 is 0 Å². The number of piperidine rings is 1. The van der Waals surface area contributed by atoms with Crippen molar-refractivity contribution in [2.45, 2.75) is 63.5 Å². The first-order valence-electron chi connectivity index (χ1n) is 11.3. The highest BCUT2D eigenvalue weighted by atomic mass is 16.5. The number of fused-ring (bicyclic) bond motifs is 1. The first-order chi connectivity index (χ1) is 14.3. The Bertz CT molecular complexity index is 840. The molecular formula is C25H30N2O2. The molecule has 1 saturated carbocycles. The van der Waals surface area contributed by atoms with Gasteiger partial charge in [-0.25, -0.2) is 0 Å². The SMILES string of the molecule is O=C(C1CCC1)N1CCC(Oc2ccc(C3=CC4=CCCCC4N=C3)cc2)CC1. The Balaban J connectivity index is 1.16. The van der Waals surface area contributed by atoms with Gasteiger partial charge in [0.2, 0.25) is 5.91 Å². The van der Waals surface area contributed by atoms with Crippen molar-refractivity contribution in [2.24, 2.45) is 10.9 Å². The summed E-state index contributed by atoms with van der Waals surface area (Å²) in [4.78, 5) is 19.2. The summed E-state index contributed by atoms with van der Waals surface area (Å²) in [5, 5.41) is 0. The van der Waals surface area contributed by atoms with Crippen molar-refractivity contribution in [2.75, 3.05) is 13.1 Å². The van der Waals surface area contributed by atoms with Crippen LogP contribution in [0.1, 0.15) is 56.9 Å². The van der Waals surface area contributed by atoms with Crippen LogP contribution in [0.25, 0.3) is 5.57 Å². The van der Waals surface area contributed by atoms with Crippen LogP contribution in [0.3, 0.4) is 0 Å². The second-order valence-electron chi connectivity index (χ2n) is 8.82. The zero-order valence-electron chi connectivity index (χ0n) is 17.1. The number of dihydropyridines is 1. The van der Waals surface area contributed by atoms with Crippen LogP contribution in [0.5, 0.6) is 5.75 Å². The first-order valence-corrected chi connectivity index (χ1v) is 11.3. The summed E-state index contributed by atoms with van der Waals surface area (Å²) < 4.78 is 6.21. The third kappa shape index (κ3) is 4.03. The number of carbonyl (C=O) groups is 1. The molecule has 4 heteroatoms. The Labute approximate surface area is 173 Å². The highest BCUT2D eigenvalue weighted by Gasteiger charge is 2.32. The fourth-order valence-electron chi connectivity index (χ4n) is 4.77. The third-order valence-electron chi connectivity index (χ3n) is 6.86. The lowest BCUT2D eigenvalue weighted by atomic mass is 9.84. The van der Waals surface area contributed by atoms with Gasteiger partial charge in [0.25, 0.3) is 0 Å². The van der Waals surface area contributed by atoms with Gasteiger partial charge in [0.05, 0.1) is 6.04 Å². The Morgan fingerprint density at radius 3 is 2.52 bits per heavy atom. The van der Waals surface area contributed by atoms with Gasteiger partial charge in [-0.3, -0.25) is 9.79 Å². The second-order valence-corrected chi connectivity index (χ2v) is 8.82. The second kappa shape index (κ2) is 8.17. The lowest BCUT2D eigenvalue weighted by Crippen LogP contribution is -2.45. The molecule has 1 saturated heterocycles. The van der Waals surface area contributed by atoms with E-state index in [0.29, 0.717) is 17.9 Å². The van der Waals surface area contributed by atoms with Gasteiger partial charge in [-0.1, -0.05) is 24.6 Å². The summed E-state index contributed by atoms with van der Waals surface area (Å²) in [5.74, 6) is 1.59. The minimum Gasteiger partial charge on any atom is -0.490 e. The number of ether oxygens (including phenoxy) is 1. The highest BCUT2D eigenvalue weighted by Crippen LogP contribution is 2.31. The number of benzene rings is 1. The van der Waals surface area contributed by atoms with Crippen molar-refractivity contribution < 1.29 is 9.53 Å². The van der Waals surface area contributed by atoms with E-state index in [0.717, 1.165) is 44.5 Å². The van der Waals surface area contributed by atoms with Crippen LogP contribution in [-0.2, 0) is 4.79 Å². The molecule has 0 spiro atoms. The Morgan fingerprint density at radius 2 is 1.79 bits per heavy atom. The summed E-state index contributed by atoms with van der Waals surface area (Å²) in [5.41, 5.74) is 3.74. The molecule has 0 bridgehead atoms. The lowest BCUT2D eigenvalue weighted by Gasteiger charge is -2.36. The molecule has 1 unspecified atom stereocenters. The fourth-order valence-corrected chi connectivity index (χ4v) is 4.77. The minimum absolute atomic E-state index is 0.204. The van der Waals surface area contributed by atoms with E-state index in [4.69, 9.17) is 9.73 Å². The Kier molecular flexibility index (Phi) is 5.26. The van der Waals surface area contributed by atoms with Gasteiger partial charge in [0, 0.05) is 38.1 Å². The van der Waals surface area contributed by atoms with Crippen LogP contribution in [0.4, 0.5) is 0 Å². The maximum Gasteiger partial charge on any atom is 0.225 e. The van der Waals surface area contributed by atoms with E-state index in [1.807, 2.05) is 6.21 Å². The van der Waals surface area contributed by atoms with Gasteiger partial charge in [0.1, 0.15) is 11.9 Å². The molecule has 0 radical (unpaired) electrons. The summed E-state index contributed by atoms with van der Waals surface area (Å²) in [7, 11) is 0. The van der Waals surface area contributed by atoms with Crippen LogP contribution < -0.4 is 4.74 Å². The average Bonchev–Trinajstić information content (AvgIpc) is 2.73. The van der Waals surface area contributed by atoms with E-state index in [9.17, 15) is 4.79 Å². The number of likely N-dealkylation sites (tertiary alicyclic amines) is 1. The quantitative estimate of drug-likeness (QED) is 0.741. The molecule has 4 aliphatic rings. The number of rotatable bonds is 4. The van der Waals surface area contributed by atoms with E-state index < -0.39 is 0 Å². The van der Waals surface area contributed by atoms with Crippen molar-refractivity contribution in [3.05, 3.63) is 47.6 Å². The highest BCUT2D eigenvalue weighted by molar-refractivity contribution is 6.11. The monoisotopic (exact) mass is 390 g/mol. The molecule has 2 aliphatic heterocycles. The van der Waals surface area contributed by atoms with Gasteiger partial charge in [-0.15, -0.1) is 0 Å². The summed E-state index contributed by atoms with van der Waals surface area (Å²) in [6, 6.07) is 8.77. The van der Waals surface area contributed by atoms with Crippen LogP contribution >= 0.6 is 0 Å². The molecular weight excluding hydrogens is 360 g/mol. The van der Waals surface area contributed by atoms with Gasteiger partial charge in [-0.05, 0) is 67.0 Å². The zero-order valence-corrected chi connectivity index (χ0v) is 17.1. The molecule has 0 N–H and O–H groups in total. The number of hydrogen-bond acceptors (Lipinski definition) is 3. The number of aliphatic imine (C=N–C) groups is 1. The predicted octanol–water partition coefficient (Wildman–Crippen LogP) is 4.80. The standard InChI is InChI=1S/C25H30N2O2/c28-25(19-5-3-6-19)27-14-12-23(13-15-27)29-22-10-8-18(9-11-22)21-16-20-4-1-2-7-24(20)26-17-21/h4,8-11,16-17,19,23-24H,1-3,5-7,12-15H2. The number of hydrogen-bond donors (Lipinski definition) is 0. The van der Waals surface area contributed by atoms with Crippen LogP contribution in [0.2, 0.25) is 0 Å². The van der Waals surface area contributed by atoms with Crippen LogP contribution in [-0.4, -0.2) is 42.3 Å². The maximum atomic E-state index is 12.4. The smallest absolute Gasteiger partial charge is 0.225 e. The van der Waals surface area contributed by atoms with Gasteiger partial charge < -0.3 is 9.64 Å². The maximum absolute atomic E-state index is 12.4. The molecule has 1 atom stereocenters. The molecule has 1 amide bonds. The van der Waals surface area contributed by atoms with E-state index in [2.05, 4.69) is 41.3 Å². The van der Waals surface area contributed by atoms with Gasteiger partial charge >= 0.3 is 0 Å². The lowest BCUT2D eigenvalue weighted by molar-refractivity contribution is -0.140. The molecule has 2 heterocycles. The number of nitrogens with zero attached hydrogens (tertiary/aromatic N) is 2. The molecule has 4 nitrogen and oxygen atoms in total. The topological polar surface area (TPSA) is 41.9 Å². The van der Waals surface area contributed by atoms with Crippen molar-refractivity contribution >= 4 is 17.7 Å². The van der Waals surface area contributed by atoms with Crippen LogP contribution in [0, 0.1) is 5.92 Å². The zero-order chi connectivity index (χ0) is 19.6. The van der Waals surface area contributed by atoms with Crippen molar-refractivity contribution in [1.29, 1.82) is 0 Å². The molecule has 29 heavy (non-hydrogen) atoms.